The van der Waals surface area contributed by atoms with Crippen molar-refractivity contribution in [2.45, 2.75) is 32.4 Å². The van der Waals surface area contributed by atoms with Crippen molar-refractivity contribution >= 4 is 33.5 Å². The van der Waals surface area contributed by atoms with Gasteiger partial charge in [0.15, 0.2) is 0 Å². The predicted octanol–water partition coefficient (Wildman–Crippen LogP) is 3.47. The summed E-state index contributed by atoms with van der Waals surface area (Å²) in [5, 5.41) is 9.71. The smallest absolute Gasteiger partial charge is 0.317 e. The number of aliphatic carboxylic acids is 1. The number of carboxylic acids is 1. The molecule has 1 N–H and O–H groups in total. The molecule has 4 nitrogen and oxygen atoms in total. The molecule has 0 radical (unpaired) electrons. The topological polar surface area (TPSA) is 43.8 Å². The highest BCUT2D eigenvalue weighted by atomic mass is 79.9. The molecule has 1 saturated heterocycles. The SMILES string of the molecule is CCN(CC(=O)O)C1CCN(Cc2ccc(Br)c(Cl)c2)CC1. The van der Waals surface area contributed by atoms with Gasteiger partial charge in [0.25, 0.3) is 0 Å². The van der Waals surface area contributed by atoms with E-state index in [0.29, 0.717) is 6.04 Å². The van der Waals surface area contributed by atoms with Gasteiger partial charge in [0.2, 0.25) is 0 Å². The van der Waals surface area contributed by atoms with E-state index in [9.17, 15) is 4.79 Å². The number of hydrogen-bond acceptors (Lipinski definition) is 3. The molecule has 1 aromatic carbocycles. The third-order valence-electron chi connectivity index (χ3n) is 4.21. The van der Waals surface area contributed by atoms with E-state index >= 15 is 0 Å². The van der Waals surface area contributed by atoms with E-state index < -0.39 is 5.97 Å². The fraction of sp³-hybridized carbons (Fsp3) is 0.562. The second kappa shape index (κ2) is 8.29. The zero-order chi connectivity index (χ0) is 16.1. The van der Waals surface area contributed by atoms with Gasteiger partial charge in [-0.3, -0.25) is 14.6 Å². The van der Waals surface area contributed by atoms with Crippen molar-refractivity contribution in [1.82, 2.24) is 9.80 Å². The summed E-state index contributed by atoms with van der Waals surface area (Å²) in [7, 11) is 0. The minimum absolute atomic E-state index is 0.142. The quantitative estimate of drug-likeness (QED) is 0.809. The van der Waals surface area contributed by atoms with Crippen LogP contribution in [0.15, 0.2) is 22.7 Å². The molecule has 0 unspecified atom stereocenters. The standard InChI is InChI=1S/C16H22BrClN2O2/c1-2-20(11-16(21)22)13-5-7-19(8-6-13)10-12-3-4-14(17)15(18)9-12/h3-4,9,13H,2,5-8,10-11H2,1H3,(H,21,22). The zero-order valence-electron chi connectivity index (χ0n) is 12.8. The Morgan fingerprint density at radius 2 is 2.14 bits per heavy atom. The molecule has 0 atom stereocenters. The van der Waals surface area contributed by atoms with Crippen LogP contribution in [0.2, 0.25) is 5.02 Å². The van der Waals surface area contributed by atoms with E-state index in [-0.39, 0.29) is 6.54 Å². The molecule has 0 spiro atoms. The van der Waals surface area contributed by atoms with Crippen LogP contribution >= 0.6 is 27.5 Å². The first-order chi connectivity index (χ1) is 10.5. The molecule has 2 rings (SSSR count). The average molecular weight is 390 g/mol. The van der Waals surface area contributed by atoms with E-state index in [4.69, 9.17) is 16.7 Å². The van der Waals surface area contributed by atoms with Crippen molar-refractivity contribution < 1.29 is 9.90 Å². The van der Waals surface area contributed by atoms with Crippen LogP contribution in [0, 0.1) is 0 Å². The van der Waals surface area contributed by atoms with E-state index in [1.54, 1.807) is 0 Å². The van der Waals surface area contributed by atoms with Gasteiger partial charge in [-0.2, -0.15) is 0 Å². The van der Waals surface area contributed by atoms with Crippen LogP contribution in [0.4, 0.5) is 0 Å². The number of benzene rings is 1. The lowest BCUT2D eigenvalue weighted by molar-refractivity contribution is -0.139. The Morgan fingerprint density at radius 3 is 2.68 bits per heavy atom. The fourth-order valence-corrected chi connectivity index (χ4v) is 3.46. The Bertz CT molecular complexity index is 519. The highest BCUT2D eigenvalue weighted by Gasteiger charge is 2.24. The number of piperidine rings is 1. The molecule has 0 amide bonds. The van der Waals surface area contributed by atoms with Gasteiger partial charge >= 0.3 is 5.97 Å². The number of hydrogen-bond donors (Lipinski definition) is 1. The van der Waals surface area contributed by atoms with Crippen LogP contribution in [0.25, 0.3) is 0 Å². The van der Waals surface area contributed by atoms with Gasteiger partial charge in [0.05, 0.1) is 11.6 Å². The maximum atomic E-state index is 10.9. The maximum Gasteiger partial charge on any atom is 0.317 e. The minimum atomic E-state index is -0.742. The molecule has 6 heteroatoms. The van der Waals surface area contributed by atoms with Crippen LogP contribution in [0.3, 0.4) is 0 Å². The molecule has 1 fully saturated rings. The van der Waals surface area contributed by atoms with Gasteiger partial charge in [0.1, 0.15) is 0 Å². The van der Waals surface area contributed by atoms with Crippen LogP contribution in [-0.2, 0) is 11.3 Å². The summed E-state index contributed by atoms with van der Waals surface area (Å²) in [6.07, 6.45) is 2.04. The summed E-state index contributed by atoms with van der Waals surface area (Å²) < 4.78 is 0.920. The van der Waals surface area contributed by atoms with Crippen molar-refractivity contribution in [3.63, 3.8) is 0 Å². The fourth-order valence-electron chi connectivity index (χ4n) is 3.01. The molecule has 1 heterocycles. The highest BCUT2D eigenvalue weighted by Crippen LogP contribution is 2.25. The molecule has 22 heavy (non-hydrogen) atoms. The van der Waals surface area contributed by atoms with Gasteiger partial charge in [-0.25, -0.2) is 0 Å². The second-order valence-electron chi connectivity index (χ2n) is 5.71. The molecule has 122 valence electrons. The number of likely N-dealkylation sites (tertiary alicyclic amines) is 1. The monoisotopic (exact) mass is 388 g/mol. The number of nitrogens with zero attached hydrogens (tertiary/aromatic N) is 2. The van der Waals surface area contributed by atoms with Gasteiger partial charge in [-0.15, -0.1) is 0 Å². The lowest BCUT2D eigenvalue weighted by atomic mass is 10.0. The van der Waals surface area contributed by atoms with Crippen LogP contribution in [-0.4, -0.2) is 53.1 Å². The third-order valence-corrected chi connectivity index (χ3v) is 5.44. The largest absolute Gasteiger partial charge is 0.480 e. The number of likely N-dealkylation sites (N-methyl/N-ethyl adjacent to an activating group) is 1. The van der Waals surface area contributed by atoms with E-state index in [1.807, 2.05) is 19.1 Å². The third kappa shape index (κ3) is 4.95. The van der Waals surface area contributed by atoms with E-state index in [0.717, 1.165) is 48.5 Å². The molecule has 0 aromatic heterocycles. The molecule has 0 bridgehead atoms. The van der Waals surface area contributed by atoms with Crippen LogP contribution in [0.5, 0.6) is 0 Å². The van der Waals surface area contributed by atoms with Crippen molar-refractivity contribution in [2.24, 2.45) is 0 Å². The highest BCUT2D eigenvalue weighted by molar-refractivity contribution is 9.10. The summed E-state index contributed by atoms with van der Waals surface area (Å²) in [4.78, 5) is 15.4. The Balaban J connectivity index is 1.86. The van der Waals surface area contributed by atoms with E-state index in [2.05, 4.69) is 31.8 Å². The predicted molar refractivity (Wildman–Crippen MR) is 92.3 cm³/mol. The van der Waals surface area contributed by atoms with Gasteiger partial charge in [-0.05, 0) is 66.1 Å². The summed E-state index contributed by atoms with van der Waals surface area (Å²) in [5.41, 5.74) is 1.21. The molecule has 0 aliphatic carbocycles. The van der Waals surface area contributed by atoms with Gasteiger partial charge < -0.3 is 5.11 Å². The summed E-state index contributed by atoms with van der Waals surface area (Å²) >= 11 is 9.54. The number of carboxylic acid groups (broad SMARTS) is 1. The van der Waals surface area contributed by atoms with Crippen LogP contribution < -0.4 is 0 Å². The van der Waals surface area contributed by atoms with Crippen molar-refractivity contribution in [3.8, 4) is 0 Å². The Morgan fingerprint density at radius 1 is 1.45 bits per heavy atom. The first kappa shape index (κ1) is 17.7. The lowest BCUT2D eigenvalue weighted by Crippen LogP contribution is -2.46. The van der Waals surface area contributed by atoms with Crippen molar-refractivity contribution in [2.75, 3.05) is 26.2 Å². The minimum Gasteiger partial charge on any atom is -0.480 e. The number of halogens is 2. The molecular weight excluding hydrogens is 368 g/mol. The summed E-state index contributed by atoms with van der Waals surface area (Å²) in [5.74, 6) is -0.742. The summed E-state index contributed by atoms with van der Waals surface area (Å²) in [6, 6.07) is 6.45. The lowest BCUT2D eigenvalue weighted by Gasteiger charge is -2.37. The second-order valence-corrected chi connectivity index (χ2v) is 6.97. The molecule has 1 aliphatic rings. The molecule has 1 aromatic rings. The first-order valence-corrected chi connectivity index (χ1v) is 8.78. The summed E-state index contributed by atoms with van der Waals surface area (Å²) in [6.45, 7) is 5.84. The number of carbonyl (C=O) groups is 1. The Labute approximate surface area is 145 Å². The first-order valence-electron chi connectivity index (χ1n) is 7.61. The normalized spacial score (nSPS) is 17.1. The van der Waals surface area contributed by atoms with Crippen LogP contribution in [0.1, 0.15) is 25.3 Å². The molecule has 1 aliphatic heterocycles. The van der Waals surface area contributed by atoms with Crippen molar-refractivity contribution in [3.05, 3.63) is 33.3 Å². The average Bonchev–Trinajstić information content (AvgIpc) is 2.49. The Kier molecular flexibility index (Phi) is 6.68. The Hall–Kier alpha value is -0.620. The van der Waals surface area contributed by atoms with Crippen molar-refractivity contribution in [1.29, 1.82) is 0 Å². The van der Waals surface area contributed by atoms with Gasteiger partial charge in [0, 0.05) is 17.1 Å². The zero-order valence-corrected chi connectivity index (χ0v) is 15.1. The number of rotatable bonds is 6. The molecule has 0 saturated carbocycles. The van der Waals surface area contributed by atoms with Gasteiger partial charge in [-0.1, -0.05) is 24.6 Å². The maximum absolute atomic E-state index is 10.9. The molecular formula is C16H22BrClN2O2. The van der Waals surface area contributed by atoms with E-state index in [1.165, 1.54) is 5.56 Å².